The van der Waals surface area contributed by atoms with Crippen LogP contribution in [0.25, 0.3) is 0 Å². The van der Waals surface area contributed by atoms with Crippen LogP contribution in [-0.4, -0.2) is 204 Å². The number of phosphoric ester groups is 1. The van der Waals surface area contributed by atoms with Gasteiger partial charge in [0, 0.05) is 19.3 Å². The average molecular weight is 1440 g/mol. The van der Waals surface area contributed by atoms with E-state index in [9.17, 15) is 74.9 Å². The zero-order valence-corrected chi connectivity index (χ0v) is 61.9. The largest absolute Gasteiger partial charge is 0.472 e. The normalized spacial score (nSPS) is 27.4. The van der Waals surface area contributed by atoms with Crippen molar-refractivity contribution in [1.82, 2.24) is 0 Å². The van der Waals surface area contributed by atoms with E-state index in [0.717, 1.165) is 89.9 Å². The van der Waals surface area contributed by atoms with Crippen molar-refractivity contribution in [3.63, 3.8) is 0 Å². The number of aliphatic hydroxyl groups excluding tert-OH is 10. The maximum Gasteiger partial charge on any atom is 0.472 e. The molecule has 2 heterocycles. The van der Waals surface area contributed by atoms with Gasteiger partial charge in [0.25, 0.3) is 0 Å². The van der Waals surface area contributed by atoms with Gasteiger partial charge in [-0.25, -0.2) is 4.57 Å². The second-order valence-electron chi connectivity index (χ2n) is 28.4. The fourth-order valence-corrected chi connectivity index (χ4v) is 14.2. The Balaban J connectivity index is 1.72. The summed E-state index contributed by atoms with van der Waals surface area (Å²) < 4.78 is 65.1. The quantitative estimate of drug-likeness (QED) is 0.0117. The number of carbonyl (C=O) groups is 3. The number of unbranched alkanes of at least 4 members (excludes halogenated alkanes) is 41. The lowest BCUT2D eigenvalue weighted by Crippen LogP contribution is -2.69. The van der Waals surface area contributed by atoms with Crippen LogP contribution in [0.4, 0.5) is 0 Å². The minimum Gasteiger partial charge on any atom is -0.463 e. The van der Waals surface area contributed by atoms with Gasteiger partial charge in [0.15, 0.2) is 18.7 Å². The van der Waals surface area contributed by atoms with Gasteiger partial charge in [0.2, 0.25) is 0 Å². The van der Waals surface area contributed by atoms with Gasteiger partial charge in [-0.15, -0.1) is 0 Å². The average Bonchev–Trinajstić information content (AvgIpc) is 0.762. The fraction of sp³-hybridized carbons (Fsp3) is 0.959. The zero-order valence-electron chi connectivity index (χ0n) is 61.1. The van der Waals surface area contributed by atoms with Gasteiger partial charge in [0.05, 0.1) is 13.2 Å². The van der Waals surface area contributed by atoms with Crippen LogP contribution in [0.3, 0.4) is 0 Å². The molecule has 584 valence electrons. The summed E-state index contributed by atoms with van der Waals surface area (Å²) in [4.78, 5) is 51.1. The lowest BCUT2D eigenvalue weighted by atomic mass is 9.84. The molecule has 3 aliphatic rings. The van der Waals surface area contributed by atoms with Crippen LogP contribution in [0.2, 0.25) is 0 Å². The standard InChI is InChI=1S/C74H139O24P/c1-4-7-10-13-16-19-22-25-27-29-31-34-37-39-42-45-48-58(76)90-52-55(93-60(78)50-47-44-41-38-35-32-30-28-26-23-20-17-14-11-8-5-2)53-92-99(88,89)98-72-70(96-73-68(86)63(81)61(79)56(51-75)94-73)66(84)65(83)67(85)71(72)97-74-69(87)64(82)62(80)57(95-74)54-91-59(77)49-46-43-40-36-33-24-21-18-15-12-9-6-3/h55-57,61-75,79-87H,4-54H2,1-3H3,(H,88,89). The number of esters is 3. The molecule has 18 unspecified atom stereocenters. The van der Waals surface area contributed by atoms with Crippen molar-refractivity contribution >= 4 is 25.7 Å². The monoisotopic (exact) mass is 1440 g/mol. The third kappa shape index (κ3) is 39.2. The number of hydrogen-bond acceptors (Lipinski definition) is 23. The van der Waals surface area contributed by atoms with E-state index < -0.39 is 156 Å². The minimum absolute atomic E-state index is 0.0326. The molecule has 0 aromatic rings. The molecular weight excluding hydrogens is 1300 g/mol. The third-order valence-electron chi connectivity index (χ3n) is 19.6. The first kappa shape index (κ1) is 91.2. The predicted molar refractivity (Wildman–Crippen MR) is 375 cm³/mol. The van der Waals surface area contributed by atoms with Crippen molar-refractivity contribution in [3.8, 4) is 0 Å². The Morgan fingerprint density at radius 2 is 0.646 bits per heavy atom. The van der Waals surface area contributed by atoms with Crippen LogP contribution in [0.15, 0.2) is 0 Å². The zero-order chi connectivity index (χ0) is 72.5. The molecule has 0 aromatic carbocycles. The Kier molecular flexibility index (Phi) is 51.9. The van der Waals surface area contributed by atoms with Gasteiger partial charge in [-0.05, 0) is 19.3 Å². The van der Waals surface area contributed by atoms with Gasteiger partial charge in [-0.1, -0.05) is 284 Å². The van der Waals surface area contributed by atoms with E-state index in [1.165, 1.54) is 173 Å². The molecular formula is C74H139O24P. The van der Waals surface area contributed by atoms with Crippen LogP contribution >= 0.6 is 7.82 Å². The second kappa shape index (κ2) is 56.3. The third-order valence-corrected chi connectivity index (χ3v) is 20.6. The Labute approximate surface area is 593 Å². The second-order valence-corrected chi connectivity index (χ2v) is 29.8. The van der Waals surface area contributed by atoms with E-state index in [0.29, 0.717) is 19.3 Å². The maximum absolute atomic E-state index is 14.4. The highest BCUT2D eigenvalue weighted by Gasteiger charge is 2.58. The van der Waals surface area contributed by atoms with Crippen molar-refractivity contribution in [1.29, 1.82) is 0 Å². The van der Waals surface area contributed by atoms with E-state index in [-0.39, 0.29) is 19.3 Å². The highest BCUT2D eigenvalue weighted by molar-refractivity contribution is 7.47. The Hall–Kier alpha value is -2.04. The van der Waals surface area contributed by atoms with Gasteiger partial charge in [-0.3, -0.25) is 23.4 Å². The van der Waals surface area contributed by atoms with Crippen LogP contribution < -0.4 is 0 Å². The molecule has 1 aliphatic carbocycles. The molecule has 0 aromatic heterocycles. The Morgan fingerprint density at radius 1 is 0.354 bits per heavy atom. The summed E-state index contributed by atoms with van der Waals surface area (Å²) in [5.74, 6) is -1.97. The molecule has 2 aliphatic heterocycles. The van der Waals surface area contributed by atoms with Crippen LogP contribution in [0, 0.1) is 0 Å². The summed E-state index contributed by atoms with van der Waals surface area (Å²) >= 11 is 0. The first-order valence-corrected chi connectivity index (χ1v) is 40.8. The highest BCUT2D eigenvalue weighted by atomic mass is 31.2. The number of carbonyl (C=O) groups excluding carboxylic acids is 3. The fourth-order valence-electron chi connectivity index (χ4n) is 13.2. The molecule has 18 atom stereocenters. The molecule has 3 fully saturated rings. The van der Waals surface area contributed by atoms with E-state index >= 15 is 0 Å². The lowest BCUT2D eigenvalue weighted by Gasteiger charge is -2.49. The van der Waals surface area contributed by atoms with Crippen molar-refractivity contribution < 1.29 is 117 Å². The first-order chi connectivity index (χ1) is 47.8. The molecule has 24 nitrogen and oxygen atoms in total. The minimum atomic E-state index is -5.69. The molecule has 1 saturated carbocycles. The summed E-state index contributed by atoms with van der Waals surface area (Å²) in [6.07, 6.45) is 14.4. The Morgan fingerprint density at radius 3 is 0.990 bits per heavy atom. The van der Waals surface area contributed by atoms with Gasteiger partial charge in [0.1, 0.15) is 98.7 Å². The van der Waals surface area contributed by atoms with E-state index in [1.807, 2.05) is 0 Å². The summed E-state index contributed by atoms with van der Waals surface area (Å²) in [5.41, 5.74) is 0. The molecule has 0 amide bonds. The van der Waals surface area contributed by atoms with Crippen LogP contribution in [0.5, 0.6) is 0 Å². The molecule has 0 spiro atoms. The SMILES string of the molecule is CCCCCCCCCCCCCCCCCCC(=O)OCC(COP(=O)(O)OC1C(OC2OC(CO)C(O)C(O)C2O)C(O)C(O)C(O)C1OC1OC(COC(=O)CCCCCCCCCCCCCC)C(O)C(O)C1O)OC(=O)CCCCCCCCCCCCCCCCCC. The molecule has 99 heavy (non-hydrogen) atoms. The highest BCUT2D eigenvalue weighted by Crippen LogP contribution is 2.49. The van der Waals surface area contributed by atoms with Crippen LogP contribution in [-0.2, 0) is 61.2 Å². The molecule has 11 N–H and O–H groups in total. The predicted octanol–water partition coefficient (Wildman–Crippen LogP) is 11.4. The smallest absolute Gasteiger partial charge is 0.463 e. The van der Waals surface area contributed by atoms with E-state index in [1.54, 1.807) is 0 Å². The van der Waals surface area contributed by atoms with Gasteiger partial charge in [-0.2, -0.15) is 0 Å². The van der Waals surface area contributed by atoms with Crippen molar-refractivity contribution in [2.75, 3.05) is 26.4 Å². The van der Waals surface area contributed by atoms with E-state index in [2.05, 4.69) is 20.8 Å². The van der Waals surface area contributed by atoms with Crippen LogP contribution in [0.1, 0.15) is 323 Å². The van der Waals surface area contributed by atoms with E-state index in [4.69, 9.17) is 42.2 Å². The van der Waals surface area contributed by atoms with Crippen molar-refractivity contribution in [3.05, 3.63) is 0 Å². The summed E-state index contributed by atoms with van der Waals surface area (Å²) in [7, 11) is -5.69. The molecule has 0 radical (unpaired) electrons. The summed E-state index contributed by atoms with van der Waals surface area (Å²) in [6, 6.07) is 0. The number of aliphatic hydroxyl groups is 10. The van der Waals surface area contributed by atoms with Gasteiger partial charge < -0.3 is 89.1 Å². The first-order valence-electron chi connectivity index (χ1n) is 39.3. The lowest BCUT2D eigenvalue weighted by molar-refractivity contribution is -0.360. The Bertz CT molecular complexity index is 2050. The number of rotatable bonds is 62. The topological polar surface area (TPSA) is 374 Å². The molecule has 0 bridgehead atoms. The van der Waals surface area contributed by atoms with Crippen molar-refractivity contribution in [2.45, 2.75) is 427 Å². The van der Waals surface area contributed by atoms with Crippen molar-refractivity contribution in [2.24, 2.45) is 0 Å². The number of ether oxygens (including phenoxy) is 7. The van der Waals surface area contributed by atoms with Gasteiger partial charge >= 0.3 is 25.7 Å². The molecule has 2 saturated heterocycles. The summed E-state index contributed by atoms with van der Waals surface area (Å²) in [6.45, 7) is 3.49. The summed E-state index contributed by atoms with van der Waals surface area (Å²) in [5, 5.41) is 110. The molecule has 25 heteroatoms. The number of hydrogen-bond donors (Lipinski definition) is 11. The molecule has 3 rings (SSSR count). The number of phosphoric acid groups is 1. The maximum atomic E-state index is 14.4.